The highest BCUT2D eigenvalue weighted by molar-refractivity contribution is 7.91. The fourth-order valence-corrected chi connectivity index (χ4v) is 5.15. The van der Waals surface area contributed by atoms with Crippen LogP contribution in [-0.4, -0.2) is 19.4 Å². The number of halogens is 1. The van der Waals surface area contributed by atoms with Gasteiger partial charge in [0.05, 0.1) is 6.20 Å². The molecule has 1 aromatic heterocycles. The van der Waals surface area contributed by atoms with Crippen LogP contribution in [0.4, 0.5) is 0 Å². The van der Waals surface area contributed by atoms with E-state index in [9.17, 15) is 8.42 Å². The van der Waals surface area contributed by atoms with Crippen LogP contribution < -0.4 is 4.72 Å². The number of thiazole rings is 1. The van der Waals surface area contributed by atoms with Gasteiger partial charge in [0.1, 0.15) is 0 Å². The molecule has 1 fully saturated rings. The Morgan fingerprint density at radius 3 is 2.72 bits per heavy atom. The molecule has 3 unspecified atom stereocenters. The van der Waals surface area contributed by atoms with Crippen LogP contribution in [0.3, 0.4) is 0 Å². The van der Waals surface area contributed by atoms with Crippen molar-refractivity contribution < 1.29 is 8.42 Å². The molecule has 0 saturated heterocycles. The molecule has 1 N–H and O–H groups in total. The molecule has 2 rings (SSSR count). The van der Waals surface area contributed by atoms with E-state index < -0.39 is 10.0 Å². The summed E-state index contributed by atoms with van der Waals surface area (Å²) in [5.74, 6) is 1.05. The summed E-state index contributed by atoms with van der Waals surface area (Å²) >= 11 is 6.66. The summed E-state index contributed by atoms with van der Waals surface area (Å²) in [6, 6.07) is 0.0204. The third kappa shape index (κ3) is 3.23. The molecule has 18 heavy (non-hydrogen) atoms. The highest BCUT2D eigenvalue weighted by Crippen LogP contribution is 2.30. The summed E-state index contributed by atoms with van der Waals surface area (Å²) in [5.41, 5.74) is 0. The van der Waals surface area contributed by atoms with Crippen LogP contribution in [0.25, 0.3) is 0 Å². The van der Waals surface area contributed by atoms with Crippen molar-refractivity contribution >= 4 is 33.0 Å². The second-order valence-corrected chi connectivity index (χ2v) is 8.61. The summed E-state index contributed by atoms with van der Waals surface area (Å²) in [4.78, 5) is 3.77. The zero-order valence-corrected chi connectivity index (χ0v) is 12.8. The molecule has 102 valence electrons. The van der Waals surface area contributed by atoms with Gasteiger partial charge in [0.15, 0.2) is 8.68 Å². The summed E-state index contributed by atoms with van der Waals surface area (Å²) in [5, 5.41) is 0. The molecule has 1 aliphatic carbocycles. The van der Waals surface area contributed by atoms with Crippen LogP contribution in [0.1, 0.15) is 33.1 Å². The van der Waals surface area contributed by atoms with Crippen molar-refractivity contribution in [2.24, 2.45) is 11.8 Å². The average Bonchev–Trinajstić information content (AvgIpc) is 2.70. The zero-order chi connectivity index (χ0) is 13.3. The monoisotopic (exact) mass is 308 g/mol. The highest BCUT2D eigenvalue weighted by atomic mass is 35.5. The van der Waals surface area contributed by atoms with Gasteiger partial charge in [-0.1, -0.05) is 36.8 Å². The Hall–Kier alpha value is -0.170. The molecular weight excluding hydrogens is 292 g/mol. The average molecular weight is 309 g/mol. The zero-order valence-electron chi connectivity index (χ0n) is 10.4. The van der Waals surface area contributed by atoms with Crippen LogP contribution in [0, 0.1) is 11.8 Å². The van der Waals surface area contributed by atoms with Gasteiger partial charge in [-0.25, -0.2) is 18.1 Å². The second kappa shape index (κ2) is 5.45. The summed E-state index contributed by atoms with van der Waals surface area (Å²) in [6.07, 6.45) is 4.34. The minimum atomic E-state index is -3.47. The molecule has 1 aromatic rings. The molecule has 4 nitrogen and oxygen atoms in total. The maximum atomic E-state index is 12.1. The quantitative estimate of drug-likeness (QED) is 0.934. The number of rotatable bonds is 3. The smallest absolute Gasteiger partial charge is 0.232 e. The molecule has 0 spiro atoms. The van der Waals surface area contributed by atoms with Crippen molar-refractivity contribution in [2.75, 3.05) is 0 Å². The molecule has 0 bridgehead atoms. The molecule has 0 aliphatic heterocycles. The molecular formula is C11H17ClN2O2S2. The minimum Gasteiger partial charge on any atom is -0.232 e. The topological polar surface area (TPSA) is 59.1 Å². The molecule has 1 saturated carbocycles. The Morgan fingerprint density at radius 2 is 2.17 bits per heavy atom. The van der Waals surface area contributed by atoms with Crippen LogP contribution in [-0.2, 0) is 10.0 Å². The SMILES string of the molecule is CC1CCC(NS(=O)(=O)c2cnc(Cl)s2)C(C)C1. The fraction of sp³-hybridized carbons (Fsp3) is 0.727. The van der Waals surface area contributed by atoms with Crippen LogP contribution in [0.2, 0.25) is 4.47 Å². The molecule has 0 aromatic carbocycles. The van der Waals surface area contributed by atoms with E-state index in [-0.39, 0.29) is 14.7 Å². The van der Waals surface area contributed by atoms with Crippen molar-refractivity contribution in [1.82, 2.24) is 9.71 Å². The van der Waals surface area contributed by atoms with E-state index in [0.717, 1.165) is 30.6 Å². The largest absolute Gasteiger partial charge is 0.251 e. The van der Waals surface area contributed by atoms with E-state index in [1.807, 2.05) is 0 Å². The van der Waals surface area contributed by atoms with Crippen molar-refractivity contribution in [3.05, 3.63) is 10.7 Å². The minimum absolute atomic E-state index is 0.0204. The summed E-state index contributed by atoms with van der Waals surface area (Å²) in [7, 11) is -3.47. The van der Waals surface area contributed by atoms with Gasteiger partial charge in [-0.2, -0.15) is 0 Å². The maximum absolute atomic E-state index is 12.1. The fourth-order valence-electron chi connectivity index (χ4n) is 2.46. The standard InChI is InChI=1S/C11H17ClN2O2S2/c1-7-3-4-9(8(2)5-7)14-18(15,16)10-6-13-11(12)17-10/h6-9,14H,3-5H2,1-2H3. The van der Waals surface area contributed by atoms with E-state index in [1.165, 1.54) is 6.20 Å². The van der Waals surface area contributed by atoms with E-state index in [4.69, 9.17) is 11.6 Å². The molecule has 0 radical (unpaired) electrons. The molecule has 1 heterocycles. The van der Waals surface area contributed by atoms with Gasteiger partial charge >= 0.3 is 0 Å². The van der Waals surface area contributed by atoms with Gasteiger partial charge < -0.3 is 0 Å². The first-order chi connectivity index (χ1) is 8.38. The van der Waals surface area contributed by atoms with E-state index >= 15 is 0 Å². The summed E-state index contributed by atoms with van der Waals surface area (Å²) < 4.78 is 27.5. The van der Waals surface area contributed by atoms with E-state index in [0.29, 0.717) is 11.8 Å². The first-order valence-electron chi connectivity index (χ1n) is 6.02. The van der Waals surface area contributed by atoms with Crippen molar-refractivity contribution in [2.45, 2.75) is 43.4 Å². The highest BCUT2D eigenvalue weighted by Gasteiger charge is 2.30. The summed E-state index contributed by atoms with van der Waals surface area (Å²) in [6.45, 7) is 4.31. The van der Waals surface area contributed by atoms with Gasteiger partial charge in [0.25, 0.3) is 10.0 Å². The number of hydrogen-bond acceptors (Lipinski definition) is 4. The van der Waals surface area contributed by atoms with Gasteiger partial charge in [0, 0.05) is 6.04 Å². The number of nitrogens with zero attached hydrogens (tertiary/aromatic N) is 1. The van der Waals surface area contributed by atoms with Crippen LogP contribution >= 0.6 is 22.9 Å². The van der Waals surface area contributed by atoms with Gasteiger partial charge in [-0.3, -0.25) is 0 Å². The third-order valence-corrected chi connectivity index (χ3v) is 6.53. The number of nitrogens with one attached hydrogen (secondary N) is 1. The Labute approximate surface area is 117 Å². The van der Waals surface area contributed by atoms with E-state index in [1.54, 1.807) is 0 Å². The lowest BCUT2D eigenvalue weighted by atomic mass is 9.80. The Morgan fingerprint density at radius 1 is 1.44 bits per heavy atom. The second-order valence-electron chi connectivity index (χ2n) is 5.06. The Bertz CT molecular complexity index is 515. The lowest BCUT2D eigenvalue weighted by Crippen LogP contribution is -2.42. The van der Waals surface area contributed by atoms with E-state index in [2.05, 4.69) is 23.6 Å². The molecule has 0 amide bonds. The molecule has 7 heteroatoms. The molecule has 1 aliphatic rings. The third-order valence-electron chi connectivity index (χ3n) is 3.46. The van der Waals surface area contributed by atoms with Crippen molar-refractivity contribution in [1.29, 1.82) is 0 Å². The molecule has 3 atom stereocenters. The van der Waals surface area contributed by atoms with Gasteiger partial charge in [0.2, 0.25) is 0 Å². The number of sulfonamides is 1. The maximum Gasteiger partial charge on any atom is 0.251 e. The van der Waals surface area contributed by atoms with Crippen molar-refractivity contribution in [3.63, 3.8) is 0 Å². The first-order valence-corrected chi connectivity index (χ1v) is 8.70. The van der Waals surface area contributed by atoms with Crippen LogP contribution in [0.15, 0.2) is 10.4 Å². The van der Waals surface area contributed by atoms with Crippen LogP contribution in [0.5, 0.6) is 0 Å². The van der Waals surface area contributed by atoms with Crippen molar-refractivity contribution in [3.8, 4) is 0 Å². The first kappa shape index (κ1) is 14.2. The van der Waals surface area contributed by atoms with Gasteiger partial charge in [-0.05, 0) is 31.1 Å². The Kier molecular flexibility index (Phi) is 4.31. The number of hydrogen-bond donors (Lipinski definition) is 1. The predicted molar refractivity (Wildman–Crippen MR) is 73.4 cm³/mol. The Balaban J connectivity index is 2.09. The normalized spacial score (nSPS) is 29.4. The number of aromatic nitrogens is 1. The lowest BCUT2D eigenvalue weighted by Gasteiger charge is -2.32. The predicted octanol–water partition coefficient (Wildman–Crippen LogP) is 2.90. The van der Waals surface area contributed by atoms with Gasteiger partial charge in [-0.15, -0.1) is 0 Å². The lowest BCUT2D eigenvalue weighted by molar-refractivity contribution is 0.249.